The van der Waals surface area contributed by atoms with Crippen molar-refractivity contribution in [3.05, 3.63) is 69.7 Å². The molecule has 0 aliphatic heterocycles. The number of benzene rings is 2. The Bertz CT molecular complexity index is 856. The molecule has 0 spiro atoms. The summed E-state index contributed by atoms with van der Waals surface area (Å²) >= 11 is 10.1. The second-order valence-electron chi connectivity index (χ2n) is 4.72. The lowest BCUT2D eigenvalue weighted by Crippen LogP contribution is -2.05. The van der Waals surface area contributed by atoms with E-state index >= 15 is 0 Å². The molecule has 0 saturated carbocycles. The van der Waals surface area contributed by atoms with Gasteiger partial charge in [0.25, 0.3) is 0 Å². The van der Waals surface area contributed by atoms with Crippen molar-refractivity contribution < 1.29 is 0 Å². The fraction of sp³-hybridized carbons (Fsp3) is 0.0625. The molecule has 0 unspecified atom stereocenters. The van der Waals surface area contributed by atoms with E-state index in [2.05, 4.69) is 44.5 Å². The van der Waals surface area contributed by atoms with Crippen molar-refractivity contribution in [2.45, 2.75) is 6.54 Å². The molecule has 0 aliphatic carbocycles. The smallest absolute Gasteiger partial charge is 0.205 e. The third kappa shape index (κ3) is 3.47. The lowest BCUT2D eigenvalue weighted by molar-refractivity contribution is 0.973. The SMILES string of the molecule is S=c1nc(NCc2ccccc2-c2ccccc2)[nH]c(=S)[nH]1. The fourth-order valence-electron chi connectivity index (χ4n) is 2.23. The number of nitrogens with one attached hydrogen (secondary N) is 3. The minimum Gasteiger partial charge on any atom is -0.352 e. The maximum atomic E-state index is 5.06. The molecule has 0 radical (unpaired) electrons. The summed E-state index contributed by atoms with van der Waals surface area (Å²) in [7, 11) is 0. The van der Waals surface area contributed by atoms with Crippen LogP contribution in [0.15, 0.2) is 54.6 Å². The number of hydrogen-bond donors (Lipinski definition) is 3. The fourth-order valence-corrected chi connectivity index (χ4v) is 2.68. The molecule has 3 N–H and O–H groups in total. The highest BCUT2D eigenvalue weighted by Crippen LogP contribution is 2.23. The van der Waals surface area contributed by atoms with Gasteiger partial charge in [-0.25, -0.2) is 0 Å². The predicted molar refractivity (Wildman–Crippen MR) is 93.8 cm³/mol. The zero-order valence-corrected chi connectivity index (χ0v) is 13.3. The molecule has 3 rings (SSSR count). The predicted octanol–water partition coefficient (Wildman–Crippen LogP) is 4.48. The first-order valence-corrected chi connectivity index (χ1v) is 7.62. The molecule has 1 aromatic heterocycles. The Hall–Kier alpha value is -2.31. The number of hydrogen-bond acceptors (Lipinski definition) is 4. The molecule has 0 aliphatic rings. The van der Waals surface area contributed by atoms with Gasteiger partial charge in [-0.2, -0.15) is 4.98 Å². The van der Waals surface area contributed by atoms with Gasteiger partial charge in [0.2, 0.25) is 10.7 Å². The molecule has 110 valence electrons. The second-order valence-corrected chi connectivity index (χ2v) is 5.52. The number of H-pyrrole nitrogens is 2. The molecule has 2 aromatic carbocycles. The van der Waals surface area contributed by atoms with Gasteiger partial charge in [0.1, 0.15) is 0 Å². The quantitative estimate of drug-likeness (QED) is 0.619. The average Bonchev–Trinajstić information content (AvgIpc) is 2.53. The van der Waals surface area contributed by atoms with Crippen LogP contribution >= 0.6 is 24.4 Å². The lowest BCUT2D eigenvalue weighted by atomic mass is 10.00. The van der Waals surface area contributed by atoms with Gasteiger partial charge >= 0.3 is 0 Å². The minimum atomic E-state index is 0.364. The van der Waals surface area contributed by atoms with Gasteiger partial charge in [-0.15, -0.1) is 0 Å². The summed E-state index contributed by atoms with van der Waals surface area (Å²) in [5.74, 6) is 0.566. The van der Waals surface area contributed by atoms with E-state index in [9.17, 15) is 0 Å². The number of aromatic amines is 2. The van der Waals surface area contributed by atoms with Crippen molar-refractivity contribution in [3.63, 3.8) is 0 Å². The summed E-state index contributed by atoms with van der Waals surface area (Å²) in [6.45, 7) is 0.627. The minimum absolute atomic E-state index is 0.364. The zero-order valence-electron chi connectivity index (χ0n) is 11.7. The largest absolute Gasteiger partial charge is 0.352 e. The van der Waals surface area contributed by atoms with Crippen LogP contribution in [0.1, 0.15) is 5.56 Å². The highest BCUT2D eigenvalue weighted by Gasteiger charge is 2.04. The third-order valence-corrected chi connectivity index (χ3v) is 3.61. The number of nitrogens with zero attached hydrogens (tertiary/aromatic N) is 1. The standard InChI is InChI=1S/C16H14N4S2/c21-15-18-14(19-16(22)20-15)17-10-12-8-4-5-9-13(12)11-6-2-1-3-7-11/h1-9H,10H2,(H3,17,18,19,20,21,22). The third-order valence-electron chi connectivity index (χ3n) is 3.21. The molecule has 0 fully saturated rings. The van der Waals surface area contributed by atoms with E-state index in [1.54, 1.807) is 0 Å². The highest BCUT2D eigenvalue weighted by atomic mass is 32.1. The van der Waals surface area contributed by atoms with Crippen molar-refractivity contribution in [2.75, 3.05) is 5.32 Å². The molecule has 0 amide bonds. The van der Waals surface area contributed by atoms with Crippen LogP contribution in [0.2, 0.25) is 0 Å². The second kappa shape index (κ2) is 6.64. The van der Waals surface area contributed by atoms with Crippen LogP contribution in [0.25, 0.3) is 11.1 Å². The van der Waals surface area contributed by atoms with Gasteiger partial charge in [-0.3, -0.25) is 0 Å². The molecular formula is C16H14N4S2. The molecule has 0 atom stereocenters. The molecule has 1 heterocycles. The summed E-state index contributed by atoms with van der Waals surface area (Å²) < 4.78 is 0.821. The van der Waals surface area contributed by atoms with Crippen molar-refractivity contribution >= 4 is 30.4 Å². The summed E-state index contributed by atoms with van der Waals surface area (Å²) in [4.78, 5) is 9.89. The van der Waals surface area contributed by atoms with Crippen LogP contribution in [0.3, 0.4) is 0 Å². The van der Waals surface area contributed by atoms with Crippen LogP contribution in [0, 0.1) is 9.54 Å². The number of rotatable bonds is 4. The van der Waals surface area contributed by atoms with Crippen molar-refractivity contribution in [3.8, 4) is 11.1 Å². The van der Waals surface area contributed by atoms with Crippen molar-refractivity contribution in [1.82, 2.24) is 15.0 Å². The summed E-state index contributed by atoms with van der Waals surface area (Å²) in [6.07, 6.45) is 0. The van der Waals surface area contributed by atoms with Crippen molar-refractivity contribution in [2.24, 2.45) is 0 Å². The van der Waals surface area contributed by atoms with Gasteiger partial charge in [0.15, 0.2) is 4.77 Å². The summed E-state index contributed by atoms with van der Waals surface area (Å²) in [5.41, 5.74) is 3.55. The molecule has 0 saturated heterocycles. The van der Waals surface area contributed by atoms with Crippen molar-refractivity contribution in [1.29, 1.82) is 0 Å². The number of anilines is 1. The molecule has 0 bridgehead atoms. The van der Waals surface area contributed by atoms with Gasteiger partial charge in [-0.1, -0.05) is 54.6 Å². The van der Waals surface area contributed by atoms with Crippen LogP contribution in [-0.2, 0) is 6.54 Å². The van der Waals surface area contributed by atoms with E-state index in [-0.39, 0.29) is 0 Å². The van der Waals surface area contributed by atoms with E-state index in [0.717, 1.165) is 0 Å². The van der Waals surface area contributed by atoms with Crippen LogP contribution < -0.4 is 5.32 Å². The Balaban J connectivity index is 1.87. The molecule has 6 heteroatoms. The van der Waals surface area contributed by atoms with Gasteiger partial charge in [-0.05, 0) is 41.1 Å². The zero-order chi connectivity index (χ0) is 15.4. The molecule has 4 nitrogen and oxygen atoms in total. The van der Waals surface area contributed by atoms with Gasteiger partial charge in [0.05, 0.1) is 0 Å². The van der Waals surface area contributed by atoms with Crippen LogP contribution in [0.4, 0.5) is 5.95 Å². The average molecular weight is 326 g/mol. The maximum absolute atomic E-state index is 5.06. The maximum Gasteiger partial charge on any atom is 0.205 e. The highest BCUT2D eigenvalue weighted by molar-refractivity contribution is 7.71. The Morgan fingerprint density at radius 2 is 1.64 bits per heavy atom. The molecular weight excluding hydrogens is 312 g/mol. The first kappa shape index (κ1) is 14.6. The van der Waals surface area contributed by atoms with E-state index in [4.69, 9.17) is 24.4 Å². The van der Waals surface area contributed by atoms with E-state index in [0.29, 0.717) is 22.0 Å². The van der Waals surface area contributed by atoms with Crippen LogP contribution in [0.5, 0.6) is 0 Å². The molecule has 22 heavy (non-hydrogen) atoms. The van der Waals surface area contributed by atoms with E-state index in [1.807, 2.05) is 30.3 Å². The van der Waals surface area contributed by atoms with Gasteiger partial charge in [0, 0.05) is 6.54 Å². The Morgan fingerprint density at radius 1 is 0.909 bits per heavy atom. The van der Waals surface area contributed by atoms with Crippen LogP contribution in [-0.4, -0.2) is 15.0 Å². The Labute approximate surface area is 138 Å². The normalized spacial score (nSPS) is 10.4. The monoisotopic (exact) mass is 326 g/mol. The topological polar surface area (TPSA) is 56.5 Å². The van der Waals surface area contributed by atoms with Gasteiger partial charge < -0.3 is 15.3 Å². The van der Waals surface area contributed by atoms with E-state index < -0.39 is 0 Å². The molecule has 3 aromatic rings. The first-order chi connectivity index (χ1) is 10.7. The van der Waals surface area contributed by atoms with E-state index in [1.165, 1.54) is 16.7 Å². The number of aromatic nitrogens is 3. The first-order valence-electron chi connectivity index (χ1n) is 6.80. The Kier molecular flexibility index (Phi) is 4.41. The lowest BCUT2D eigenvalue weighted by Gasteiger charge is -2.11. The summed E-state index contributed by atoms with van der Waals surface area (Å²) in [6, 6.07) is 18.6. The summed E-state index contributed by atoms with van der Waals surface area (Å²) in [5, 5.41) is 3.23. The Morgan fingerprint density at radius 3 is 2.41 bits per heavy atom.